The summed E-state index contributed by atoms with van der Waals surface area (Å²) in [6.45, 7) is 1.12. The number of hydrogen-bond acceptors (Lipinski definition) is 5. The fraction of sp³-hybridized carbons (Fsp3) is 0.263. The molecule has 0 amide bonds. The average Bonchev–Trinajstić information content (AvgIpc) is 3.08. The van der Waals surface area contributed by atoms with Crippen molar-refractivity contribution in [3.05, 3.63) is 58.9 Å². The molecule has 0 aliphatic rings. The summed E-state index contributed by atoms with van der Waals surface area (Å²) >= 11 is 7.45. The topological polar surface area (TPSA) is 49.2 Å². The van der Waals surface area contributed by atoms with Gasteiger partial charge in [0.2, 0.25) is 0 Å². The molecular formula is C19H19ClFN3O2S. The lowest BCUT2D eigenvalue weighted by atomic mass is 10.2. The predicted octanol–water partition coefficient (Wildman–Crippen LogP) is 4.68. The first-order chi connectivity index (χ1) is 13.1. The van der Waals surface area contributed by atoms with Crippen LogP contribution in [-0.2, 0) is 17.0 Å². The number of hydrogen-bond donors (Lipinski definition) is 0. The van der Waals surface area contributed by atoms with Crippen LogP contribution in [0.3, 0.4) is 0 Å². The fourth-order valence-corrected chi connectivity index (χ4v) is 3.66. The summed E-state index contributed by atoms with van der Waals surface area (Å²) in [7, 11) is 3.22. The lowest BCUT2D eigenvalue weighted by Crippen LogP contribution is -2.07. The molecule has 0 fully saturated rings. The predicted molar refractivity (Wildman–Crippen MR) is 105 cm³/mol. The summed E-state index contributed by atoms with van der Waals surface area (Å²) in [5, 5.41) is 10.0. The molecule has 0 saturated heterocycles. The van der Waals surface area contributed by atoms with E-state index in [0.717, 1.165) is 22.1 Å². The summed E-state index contributed by atoms with van der Waals surface area (Å²) in [5.74, 6) is 1.59. The van der Waals surface area contributed by atoms with Crippen molar-refractivity contribution >= 4 is 23.4 Å². The number of benzene rings is 2. The molecule has 27 heavy (non-hydrogen) atoms. The molecule has 5 nitrogen and oxygen atoms in total. The van der Waals surface area contributed by atoms with Crippen LogP contribution in [0.25, 0.3) is 11.4 Å². The van der Waals surface area contributed by atoms with E-state index < -0.39 is 0 Å². The Morgan fingerprint density at radius 3 is 2.59 bits per heavy atom. The maximum absolute atomic E-state index is 13.6. The van der Waals surface area contributed by atoms with Crippen LogP contribution in [0, 0.1) is 5.82 Å². The minimum Gasteiger partial charge on any atom is -0.496 e. The Hall–Kier alpha value is -2.09. The molecule has 0 N–H and O–H groups in total. The molecule has 8 heteroatoms. The number of nitrogens with zero attached hydrogens (tertiary/aromatic N) is 3. The van der Waals surface area contributed by atoms with E-state index in [9.17, 15) is 4.39 Å². The van der Waals surface area contributed by atoms with Crippen molar-refractivity contribution in [2.24, 2.45) is 0 Å². The van der Waals surface area contributed by atoms with E-state index in [1.807, 2.05) is 28.8 Å². The second kappa shape index (κ2) is 9.21. The fourth-order valence-electron chi connectivity index (χ4n) is 2.59. The molecule has 0 spiro atoms. The van der Waals surface area contributed by atoms with Crippen molar-refractivity contribution in [1.82, 2.24) is 14.8 Å². The third-order valence-electron chi connectivity index (χ3n) is 3.94. The number of thioether (sulfide) groups is 1. The maximum Gasteiger partial charge on any atom is 0.191 e. The van der Waals surface area contributed by atoms with Crippen molar-refractivity contribution in [2.75, 3.05) is 20.8 Å². The Balaban J connectivity index is 1.87. The van der Waals surface area contributed by atoms with Gasteiger partial charge in [0.1, 0.15) is 11.6 Å². The van der Waals surface area contributed by atoms with Gasteiger partial charge in [-0.2, -0.15) is 0 Å². The van der Waals surface area contributed by atoms with Gasteiger partial charge in [0, 0.05) is 29.0 Å². The lowest BCUT2D eigenvalue weighted by Gasteiger charge is -2.11. The highest BCUT2D eigenvalue weighted by Crippen LogP contribution is 2.30. The van der Waals surface area contributed by atoms with E-state index in [4.69, 9.17) is 21.1 Å². The summed E-state index contributed by atoms with van der Waals surface area (Å²) in [6.07, 6.45) is 0. The molecule has 0 aliphatic heterocycles. The van der Waals surface area contributed by atoms with Gasteiger partial charge in [0.15, 0.2) is 11.0 Å². The highest BCUT2D eigenvalue weighted by atomic mass is 35.5. The summed E-state index contributed by atoms with van der Waals surface area (Å²) in [6, 6.07) is 11.9. The van der Waals surface area contributed by atoms with Crippen LogP contribution in [0.15, 0.2) is 47.6 Å². The normalized spacial score (nSPS) is 11.0. The first-order valence-corrected chi connectivity index (χ1v) is 9.62. The second-order valence-electron chi connectivity index (χ2n) is 5.70. The third-order valence-corrected chi connectivity index (χ3v) is 5.21. The Morgan fingerprint density at radius 1 is 1.11 bits per heavy atom. The van der Waals surface area contributed by atoms with Crippen molar-refractivity contribution in [3.63, 3.8) is 0 Å². The minimum atomic E-state index is -0.297. The van der Waals surface area contributed by atoms with Crippen LogP contribution in [0.4, 0.5) is 4.39 Å². The van der Waals surface area contributed by atoms with Gasteiger partial charge >= 0.3 is 0 Å². The summed E-state index contributed by atoms with van der Waals surface area (Å²) in [5.41, 5.74) is 1.68. The molecule has 1 aromatic heterocycles. The van der Waals surface area contributed by atoms with E-state index in [-0.39, 0.29) is 5.82 Å². The Kier molecular flexibility index (Phi) is 6.71. The molecule has 0 bridgehead atoms. The Bertz CT molecular complexity index is 902. The van der Waals surface area contributed by atoms with E-state index in [2.05, 4.69) is 10.2 Å². The first-order valence-electron chi connectivity index (χ1n) is 8.25. The van der Waals surface area contributed by atoms with E-state index >= 15 is 0 Å². The summed E-state index contributed by atoms with van der Waals surface area (Å²) < 4.78 is 26.1. The molecule has 0 aliphatic carbocycles. The smallest absolute Gasteiger partial charge is 0.191 e. The van der Waals surface area contributed by atoms with Crippen LogP contribution in [0.2, 0.25) is 5.02 Å². The van der Waals surface area contributed by atoms with Crippen molar-refractivity contribution < 1.29 is 13.9 Å². The minimum absolute atomic E-state index is 0.297. The molecule has 0 atom stereocenters. The quantitative estimate of drug-likeness (QED) is 0.507. The number of rotatable bonds is 8. The van der Waals surface area contributed by atoms with Crippen LogP contribution >= 0.6 is 23.4 Å². The first kappa shape index (κ1) is 19.7. The SMILES string of the molecule is COCCn1c(SCc2cc(F)ccc2OC)nnc1-c1ccc(Cl)cc1. The van der Waals surface area contributed by atoms with Crippen molar-refractivity contribution in [2.45, 2.75) is 17.5 Å². The van der Waals surface area contributed by atoms with Crippen LogP contribution in [-0.4, -0.2) is 35.6 Å². The molecule has 0 unspecified atom stereocenters. The van der Waals surface area contributed by atoms with Crippen LogP contribution in [0.1, 0.15) is 5.56 Å². The standard InChI is InChI=1S/C19H19ClFN3O2S/c1-25-10-9-24-18(13-3-5-15(20)6-4-13)22-23-19(24)27-12-14-11-16(21)7-8-17(14)26-2/h3-8,11H,9-10,12H2,1-2H3. The van der Waals surface area contributed by atoms with Crippen molar-refractivity contribution in [3.8, 4) is 17.1 Å². The van der Waals surface area contributed by atoms with Crippen molar-refractivity contribution in [1.29, 1.82) is 0 Å². The van der Waals surface area contributed by atoms with Gasteiger partial charge in [-0.15, -0.1) is 10.2 Å². The van der Waals surface area contributed by atoms with E-state index in [1.54, 1.807) is 20.3 Å². The van der Waals surface area contributed by atoms with Crippen LogP contribution < -0.4 is 4.74 Å². The van der Waals surface area contributed by atoms with Crippen LogP contribution in [0.5, 0.6) is 5.75 Å². The number of ether oxygens (including phenoxy) is 2. The second-order valence-corrected chi connectivity index (χ2v) is 7.08. The number of methoxy groups -OCH3 is 2. The van der Waals surface area contributed by atoms with Gasteiger partial charge in [-0.3, -0.25) is 4.57 Å². The molecule has 0 saturated carbocycles. The lowest BCUT2D eigenvalue weighted by molar-refractivity contribution is 0.185. The number of halogens is 2. The Morgan fingerprint density at radius 2 is 1.89 bits per heavy atom. The van der Waals surface area contributed by atoms with Gasteiger partial charge < -0.3 is 9.47 Å². The van der Waals surface area contributed by atoms with Gasteiger partial charge in [0.05, 0.1) is 20.3 Å². The van der Waals surface area contributed by atoms with Gasteiger partial charge in [0.25, 0.3) is 0 Å². The molecule has 3 aromatic rings. The van der Waals surface area contributed by atoms with Gasteiger partial charge in [-0.25, -0.2) is 4.39 Å². The highest BCUT2D eigenvalue weighted by Gasteiger charge is 2.15. The summed E-state index contributed by atoms with van der Waals surface area (Å²) in [4.78, 5) is 0. The molecular weight excluding hydrogens is 389 g/mol. The molecule has 142 valence electrons. The third kappa shape index (κ3) is 4.80. The molecule has 0 radical (unpaired) electrons. The molecule has 3 rings (SSSR count). The Labute approximate surface area is 166 Å². The molecule has 1 heterocycles. The zero-order valence-electron chi connectivity index (χ0n) is 15.0. The largest absolute Gasteiger partial charge is 0.496 e. The zero-order valence-corrected chi connectivity index (χ0v) is 16.6. The van der Waals surface area contributed by atoms with E-state index in [0.29, 0.717) is 29.7 Å². The monoisotopic (exact) mass is 407 g/mol. The zero-order chi connectivity index (χ0) is 19.2. The highest BCUT2D eigenvalue weighted by molar-refractivity contribution is 7.98. The van der Waals surface area contributed by atoms with Gasteiger partial charge in [-0.05, 0) is 42.5 Å². The molecule has 2 aromatic carbocycles. The van der Waals surface area contributed by atoms with Gasteiger partial charge in [-0.1, -0.05) is 23.4 Å². The van der Waals surface area contributed by atoms with E-state index in [1.165, 1.54) is 23.9 Å². The maximum atomic E-state index is 13.6. The average molecular weight is 408 g/mol. The number of aromatic nitrogens is 3.